The molecule has 11 heteroatoms. The van der Waals surface area contributed by atoms with E-state index in [1.807, 2.05) is 84.9 Å². The molecule has 0 saturated heterocycles. The van der Waals surface area contributed by atoms with Crippen molar-refractivity contribution in [3.63, 3.8) is 0 Å². The number of carbonyl (C=O) groups excluding carboxylic acids is 4. The van der Waals surface area contributed by atoms with Gasteiger partial charge in [0.2, 0.25) is 11.8 Å². The minimum Gasteiger partial charge on any atom is -0.447 e. The molecule has 6 aromatic rings. The molecule has 0 aliphatic heterocycles. The first-order valence-electron chi connectivity index (χ1n) is 20.2. The van der Waals surface area contributed by atoms with Crippen LogP contribution >= 0.6 is 11.6 Å². The van der Waals surface area contributed by atoms with Crippen molar-refractivity contribution in [1.29, 1.82) is 0 Å². The van der Waals surface area contributed by atoms with Crippen LogP contribution in [0.5, 0.6) is 0 Å². The summed E-state index contributed by atoms with van der Waals surface area (Å²) in [5.74, 6) is -2.45. The van der Waals surface area contributed by atoms with Crippen molar-refractivity contribution in [3.05, 3.63) is 166 Å². The molecular formula is C49H49ClN4O6. The Morgan fingerprint density at radius 2 is 1.38 bits per heavy atom. The molecule has 308 valence electrons. The number of hydrogen-bond acceptors (Lipinski definition) is 6. The van der Waals surface area contributed by atoms with Crippen LogP contribution in [0.3, 0.4) is 0 Å². The normalized spacial score (nSPS) is 13.2. The number of aryl methyl sites for hydroxylation is 1. The van der Waals surface area contributed by atoms with Crippen molar-refractivity contribution in [1.82, 2.24) is 14.6 Å². The summed E-state index contributed by atoms with van der Waals surface area (Å²) in [5, 5.41) is 3.54. The summed E-state index contributed by atoms with van der Waals surface area (Å²) in [7, 11) is 0. The maximum Gasteiger partial charge on any atom is 0.429 e. The van der Waals surface area contributed by atoms with Crippen molar-refractivity contribution in [3.8, 4) is 11.1 Å². The summed E-state index contributed by atoms with van der Waals surface area (Å²) in [4.78, 5) is 57.4. The minimum absolute atomic E-state index is 0.0276. The summed E-state index contributed by atoms with van der Waals surface area (Å²) in [6.07, 6.45) is 0.952. The van der Waals surface area contributed by atoms with Crippen LogP contribution in [0.2, 0.25) is 5.02 Å². The van der Waals surface area contributed by atoms with Crippen LogP contribution in [0.4, 0.5) is 9.59 Å². The first-order chi connectivity index (χ1) is 28.8. The number of fused-ring (bicyclic) bond motifs is 4. The summed E-state index contributed by atoms with van der Waals surface area (Å²) < 4.78 is 13.5. The largest absolute Gasteiger partial charge is 0.447 e. The van der Waals surface area contributed by atoms with E-state index in [4.69, 9.17) is 26.8 Å². The molecule has 1 unspecified atom stereocenters. The van der Waals surface area contributed by atoms with Crippen molar-refractivity contribution in [2.24, 2.45) is 5.73 Å². The lowest BCUT2D eigenvalue weighted by Gasteiger charge is -2.41. The molecule has 1 aromatic heterocycles. The Morgan fingerprint density at radius 3 is 2.00 bits per heavy atom. The molecule has 0 bridgehead atoms. The van der Waals surface area contributed by atoms with Crippen molar-refractivity contribution < 1.29 is 28.7 Å². The van der Waals surface area contributed by atoms with Crippen LogP contribution in [-0.4, -0.2) is 56.8 Å². The van der Waals surface area contributed by atoms with Gasteiger partial charge in [-0.25, -0.2) is 19.6 Å². The van der Waals surface area contributed by atoms with Gasteiger partial charge in [-0.05, 0) is 90.8 Å². The molecule has 2 atom stereocenters. The Balaban J connectivity index is 1.34. The Labute approximate surface area is 355 Å². The van der Waals surface area contributed by atoms with Crippen molar-refractivity contribution >= 4 is 46.5 Å². The molecule has 1 aliphatic carbocycles. The third-order valence-electron chi connectivity index (χ3n) is 10.9. The molecule has 2 N–H and O–H groups in total. The van der Waals surface area contributed by atoms with Crippen LogP contribution in [0.1, 0.15) is 80.2 Å². The molecule has 7 rings (SSSR count). The summed E-state index contributed by atoms with van der Waals surface area (Å²) in [5.41, 5.74) is 12.6. The zero-order valence-electron chi connectivity index (χ0n) is 34.2. The molecular weight excluding hydrogens is 776 g/mol. The van der Waals surface area contributed by atoms with Crippen LogP contribution < -0.4 is 5.73 Å². The summed E-state index contributed by atoms with van der Waals surface area (Å²) >= 11 is 6.28. The fourth-order valence-corrected chi connectivity index (χ4v) is 8.29. The van der Waals surface area contributed by atoms with Gasteiger partial charge >= 0.3 is 12.2 Å². The number of amides is 3. The number of aromatic nitrogens is 1. The van der Waals surface area contributed by atoms with E-state index in [-0.39, 0.29) is 25.5 Å². The Morgan fingerprint density at radius 1 is 0.783 bits per heavy atom. The lowest BCUT2D eigenvalue weighted by atomic mass is 9.85. The molecule has 10 nitrogen and oxygen atoms in total. The van der Waals surface area contributed by atoms with Gasteiger partial charge in [0.25, 0.3) is 0 Å². The molecule has 0 fully saturated rings. The second kappa shape index (κ2) is 17.8. The summed E-state index contributed by atoms with van der Waals surface area (Å²) in [6.45, 7) is 6.86. The zero-order valence-corrected chi connectivity index (χ0v) is 35.0. The van der Waals surface area contributed by atoms with Crippen LogP contribution in [0.15, 0.2) is 134 Å². The van der Waals surface area contributed by atoms with Gasteiger partial charge in [-0.1, -0.05) is 128 Å². The maximum atomic E-state index is 14.8. The van der Waals surface area contributed by atoms with Crippen LogP contribution in [-0.2, 0) is 32.0 Å². The van der Waals surface area contributed by atoms with Gasteiger partial charge in [-0.15, -0.1) is 0 Å². The number of hydrazine groups is 1. The van der Waals surface area contributed by atoms with E-state index in [9.17, 15) is 19.2 Å². The molecule has 3 amide bonds. The number of para-hydroxylation sites is 1. The topological polar surface area (TPSA) is 124 Å². The van der Waals surface area contributed by atoms with E-state index in [0.717, 1.165) is 27.8 Å². The molecule has 5 aromatic carbocycles. The van der Waals surface area contributed by atoms with E-state index in [0.29, 0.717) is 39.9 Å². The van der Waals surface area contributed by atoms with Gasteiger partial charge in [0.05, 0.1) is 12.1 Å². The predicted octanol–water partition coefficient (Wildman–Crippen LogP) is 10.3. The Hall–Kier alpha value is -6.39. The van der Waals surface area contributed by atoms with Crippen LogP contribution in [0, 0.1) is 0 Å². The maximum absolute atomic E-state index is 14.8. The third-order valence-corrected chi connectivity index (χ3v) is 11.1. The van der Waals surface area contributed by atoms with Crippen molar-refractivity contribution in [2.75, 3.05) is 6.61 Å². The molecule has 60 heavy (non-hydrogen) atoms. The number of primary amides is 1. The first-order valence-corrected chi connectivity index (χ1v) is 20.6. The number of nitrogens with two attached hydrogens (primary N) is 1. The summed E-state index contributed by atoms with van der Waals surface area (Å²) in [6, 6.07) is 38.6. The van der Waals surface area contributed by atoms with Gasteiger partial charge in [0, 0.05) is 34.9 Å². The standard InChI is InChI=1S/C49H49ClN4O6/c1-5-44(55)54(53(29-33-23-26-34(50)27-24-33)48(58)59-31-42-37-19-11-9-17-35(37)36-18-10-12-20-38(36)42)45(46(51)56)40(28-25-32-15-7-6-8-16-32)41-30-52(47(57)60-49(2,3)4)43-22-14-13-21-39(41)43/h6-24,26-27,30,40,42,45H,5,25,28-29,31H2,1-4H3,(H2,51,56)/t40?,45-/m1/s1. The van der Waals surface area contributed by atoms with Crippen LogP contribution in [0.25, 0.3) is 22.0 Å². The van der Waals surface area contributed by atoms with Gasteiger partial charge in [0.15, 0.2) is 0 Å². The lowest BCUT2D eigenvalue weighted by Crippen LogP contribution is -2.60. The second-order valence-electron chi connectivity index (χ2n) is 16.0. The molecule has 0 saturated carbocycles. The van der Waals surface area contributed by atoms with Gasteiger partial charge in [-0.2, -0.15) is 0 Å². The quantitative estimate of drug-likeness (QED) is 0.123. The highest BCUT2D eigenvalue weighted by atomic mass is 35.5. The third kappa shape index (κ3) is 8.94. The van der Waals surface area contributed by atoms with Gasteiger partial charge in [0.1, 0.15) is 18.2 Å². The number of ether oxygens (including phenoxy) is 2. The monoisotopic (exact) mass is 824 g/mol. The van der Waals surface area contributed by atoms with E-state index < -0.39 is 41.6 Å². The number of halogens is 1. The SMILES string of the molecule is CCC(=O)N([C@@H](C(N)=O)C(CCc1ccccc1)c1cn(C(=O)OC(C)(C)C)c2ccccc12)N(Cc1ccc(Cl)cc1)C(=O)OCC1c2ccccc2-c2ccccc21. The van der Waals surface area contributed by atoms with Gasteiger partial charge < -0.3 is 15.2 Å². The highest BCUT2D eigenvalue weighted by Gasteiger charge is 2.43. The highest BCUT2D eigenvalue weighted by Crippen LogP contribution is 2.45. The number of hydrogen-bond donors (Lipinski definition) is 1. The fourth-order valence-electron chi connectivity index (χ4n) is 8.17. The fraction of sp³-hybridized carbons (Fsp3) is 0.265. The molecule has 1 aliphatic rings. The first kappa shape index (κ1) is 41.8. The van der Waals surface area contributed by atoms with E-state index in [1.54, 1.807) is 64.2 Å². The number of nitrogens with zero attached hydrogens (tertiary/aromatic N) is 3. The number of carbonyl (C=O) groups is 4. The van der Waals surface area contributed by atoms with E-state index in [2.05, 4.69) is 12.1 Å². The Kier molecular flexibility index (Phi) is 12.4. The molecule has 1 heterocycles. The smallest absolute Gasteiger partial charge is 0.429 e. The van der Waals surface area contributed by atoms with Gasteiger partial charge in [-0.3, -0.25) is 14.2 Å². The second-order valence-corrected chi connectivity index (χ2v) is 16.4. The predicted molar refractivity (Wildman–Crippen MR) is 233 cm³/mol. The Bertz CT molecular complexity index is 2470. The van der Waals surface area contributed by atoms with E-state index in [1.165, 1.54) is 14.6 Å². The average Bonchev–Trinajstić information content (AvgIpc) is 3.78. The minimum atomic E-state index is -1.41. The molecule has 0 spiro atoms. The average molecular weight is 825 g/mol. The number of benzene rings is 5. The number of rotatable bonds is 12. The van der Waals surface area contributed by atoms with Crippen molar-refractivity contribution in [2.45, 2.75) is 77.0 Å². The lowest BCUT2D eigenvalue weighted by molar-refractivity contribution is -0.159. The highest BCUT2D eigenvalue weighted by molar-refractivity contribution is 6.30. The van der Waals surface area contributed by atoms with E-state index >= 15 is 0 Å². The zero-order chi connectivity index (χ0) is 42.6. The molecule has 0 radical (unpaired) electrons.